The molecule has 3 nitrogen and oxygen atoms in total. The van der Waals surface area contributed by atoms with Gasteiger partial charge in [-0.1, -0.05) is 0 Å². The number of aryl methyl sites for hydroxylation is 1. The van der Waals surface area contributed by atoms with Crippen molar-refractivity contribution in [3.63, 3.8) is 0 Å². The molecule has 1 aromatic heterocycles. The quantitative estimate of drug-likeness (QED) is 0.660. The third kappa shape index (κ3) is 1.66. The lowest BCUT2D eigenvalue weighted by molar-refractivity contribution is 0.100. The van der Waals surface area contributed by atoms with E-state index in [0.29, 0.717) is 5.82 Å². The average molecular weight is 208 g/mol. The first kappa shape index (κ1) is 9.65. The van der Waals surface area contributed by atoms with Gasteiger partial charge >= 0.3 is 0 Å². The smallest absolute Gasteiger partial charge is 0.196 e. The molecule has 0 aliphatic carbocycles. The van der Waals surface area contributed by atoms with Gasteiger partial charge in [-0.05, 0) is 24.7 Å². The standard InChI is InChI=1S/C10H12N2OS/c1-6-8-3-4-14-5-9(8)12-10(11-6)7(2)13/h3-5H2,1-2H3. The Morgan fingerprint density at radius 1 is 1.43 bits per heavy atom. The van der Waals surface area contributed by atoms with Crippen molar-refractivity contribution in [3.05, 3.63) is 22.8 Å². The number of fused-ring (bicyclic) bond motifs is 1. The predicted octanol–water partition coefficient (Wildman–Crippen LogP) is 1.78. The van der Waals surface area contributed by atoms with Gasteiger partial charge in [-0.2, -0.15) is 11.8 Å². The lowest BCUT2D eigenvalue weighted by Crippen LogP contribution is -2.13. The van der Waals surface area contributed by atoms with Gasteiger partial charge in [0, 0.05) is 18.4 Å². The van der Waals surface area contributed by atoms with E-state index in [1.165, 1.54) is 12.5 Å². The summed E-state index contributed by atoms with van der Waals surface area (Å²) in [6.07, 6.45) is 1.03. The van der Waals surface area contributed by atoms with E-state index in [9.17, 15) is 4.79 Å². The molecular weight excluding hydrogens is 196 g/mol. The highest BCUT2D eigenvalue weighted by Crippen LogP contribution is 2.24. The maximum Gasteiger partial charge on any atom is 0.196 e. The van der Waals surface area contributed by atoms with Crippen LogP contribution < -0.4 is 0 Å². The van der Waals surface area contributed by atoms with Gasteiger partial charge in [0.05, 0.1) is 5.69 Å². The van der Waals surface area contributed by atoms with E-state index >= 15 is 0 Å². The van der Waals surface area contributed by atoms with E-state index in [-0.39, 0.29) is 5.78 Å². The van der Waals surface area contributed by atoms with E-state index in [1.807, 2.05) is 18.7 Å². The first-order valence-electron chi connectivity index (χ1n) is 4.63. The maximum atomic E-state index is 11.2. The summed E-state index contributed by atoms with van der Waals surface area (Å²) in [5, 5.41) is 0. The summed E-state index contributed by atoms with van der Waals surface area (Å²) in [4.78, 5) is 19.7. The number of Topliss-reactive ketones (excluding diaryl/α,β-unsaturated/α-hetero) is 1. The molecule has 4 heteroatoms. The average Bonchev–Trinajstić information content (AvgIpc) is 2.17. The highest BCUT2D eigenvalue weighted by atomic mass is 32.2. The van der Waals surface area contributed by atoms with Gasteiger partial charge in [-0.3, -0.25) is 4.79 Å². The fourth-order valence-electron chi connectivity index (χ4n) is 1.60. The number of ketones is 1. The molecule has 0 unspecified atom stereocenters. The zero-order valence-electron chi connectivity index (χ0n) is 8.33. The monoisotopic (exact) mass is 208 g/mol. The fourth-order valence-corrected chi connectivity index (χ4v) is 2.53. The molecule has 0 N–H and O–H groups in total. The predicted molar refractivity (Wildman–Crippen MR) is 56.6 cm³/mol. The van der Waals surface area contributed by atoms with Crippen molar-refractivity contribution in [1.82, 2.24) is 9.97 Å². The third-order valence-corrected chi connectivity index (χ3v) is 3.32. The van der Waals surface area contributed by atoms with Crippen LogP contribution >= 0.6 is 11.8 Å². The summed E-state index contributed by atoms with van der Waals surface area (Å²) in [7, 11) is 0. The molecule has 0 radical (unpaired) electrons. The number of thioether (sulfide) groups is 1. The van der Waals surface area contributed by atoms with E-state index < -0.39 is 0 Å². The molecule has 1 aliphatic rings. The zero-order valence-corrected chi connectivity index (χ0v) is 9.15. The van der Waals surface area contributed by atoms with Crippen LogP contribution in [0.3, 0.4) is 0 Å². The van der Waals surface area contributed by atoms with E-state index in [0.717, 1.165) is 29.3 Å². The van der Waals surface area contributed by atoms with Gasteiger partial charge < -0.3 is 0 Å². The number of hydrogen-bond donors (Lipinski definition) is 0. The lowest BCUT2D eigenvalue weighted by Gasteiger charge is -2.16. The molecule has 0 saturated carbocycles. The van der Waals surface area contributed by atoms with Crippen molar-refractivity contribution in [3.8, 4) is 0 Å². The highest BCUT2D eigenvalue weighted by Gasteiger charge is 2.16. The number of aromatic nitrogens is 2. The first-order chi connectivity index (χ1) is 6.68. The lowest BCUT2D eigenvalue weighted by atomic mass is 10.1. The van der Waals surface area contributed by atoms with Crippen LogP contribution in [0.15, 0.2) is 0 Å². The molecule has 0 amide bonds. The molecule has 14 heavy (non-hydrogen) atoms. The van der Waals surface area contributed by atoms with E-state index in [4.69, 9.17) is 0 Å². The Hall–Kier alpha value is -0.900. The van der Waals surface area contributed by atoms with E-state index in [2.05, 4.69) is 9.97 Å². The molecule has 0 fully saturated rings. The van der Waals surface area contributed by atoms with Crippen molar-refractivity contribution in [2.75, 3.05) is 5.75 Å². The largest absolute Gasteiger partial charge is 0.291 e. The summed E-state index contributed by atoms with van der Waals surface area (Å²) < 4.78 is 0. The van der Waals surface area contributed by atoms with Crippen LogP contribution in [0.4, 0.5) is 0 Å². The maximum absolute atomic E-state index is 11.2. The number of carbonyl (C=O) groups excluding carboxylic acids is 1. The summed E-state index contributed by atoms with van der Waals surface area (Å²) >= 11 is 1.87. The minimum Gasteiger partial charge on any atom is -0.291 e. The van der Waals surface area contributed by atoms with Gasteiger partial charge in [0.2, 0.25) is 0 Å². The molecule has 0 saturated heterocycles. The van der Waals surface area contributed by atoms with Crippen molar-refractivity contribution < 1.29 is 4.79 Å². The van der Waals surface area contributed by atoms with Crippen molar-refractivity contribution in [2.24, 2.45) is 0 Å². The van der Waals surface area contributed by atoms with Gasteiger partial charge in [0.15, 0.2) is 11.6 Å². The number of hydrogen-bond acceptors (Lipinski definition) is 4. The topological polar surface area (TPSA) is 42.9 Å². The second kappa shape index (κ2) is 3.69. The number of nitrogens with zero attached hydrogens (tertiary/aromatic N) is 2. The minimum absolute atomic E-state index is 0.0496. The Morgan fingerprint density at radius 3 is 2.93 bits per heavy atom. The minimum atomic E-state index is -0.0496. The van der Waals surface area contributed by atoms with E-state index in [1.54, 1.807) is 0 Å². The molecular formula is C10H12N2OS. The van der Waals surface area contributed by atoms with Crippen LogP contribution in [0.5, 0.6) is 0 Å². The Kier molecular flexibility index (Phi) is 2.54. The molecule has 0 bridgehead atoms. The summed E-state index contributed by atoms with van der Waals surface area (Å²) in [5.41, 5.74) is 3.27. The molecule has 0 atom stereocenters. The second-order valence-electron chi connectivity index (χ2n) is 3.42. The van der Waals surface area contributed by atoms with Gasteiger partial charge in [-0.15, -0.1) is 0 Å². The summed E-state index contributed by atoms with van der Waals surface area (Å²) in [5.74, 6) is 2.37. The van der Waals surface area contributed by atoms with Gasteiger partial charge in [0.25, 0.3) is 0 Å². The van der Waals surface area contributed by atoms with Gasteiger partial charge in [-0.25, -0.2) is 9.97 Å². The van der Waals surface area contributed by atoms with Crippen LogP contribution in [0, 0.1) is 6.92 Å². The molecule has 1 aromatic rings. The van der Waals surface area contributed by atoms with Crippen LogP contribution in [0.1, 0.15) is 34.5 Å². The molecule has 2 heterocycles. The number of rotatable bonds is 1. The molecule has 0 spiro atoms. The highest BCUT2D eigenvalue weighted by molar-refractivity contribution is 7.98. The summed E-state index contributed by atoms with van der Waals surface area (Å²) in [6.45, 7) is 3.47. The number of carbonyl (C=O) groups is 1. The Morgan fingerprint density at radius 2 is 2.21 bits per heavy atom. The Labute approximate surface area is 87.3 Å². The fraction of sp³-hybridized carbons (Fsp3) is 0.500. The van der Waals surface area contributed by atoms with Crippen LogP contribution in [-0.2, 0) is 12.2 Å². The van der Waals surface area contributed by atoms with Crippen molar-refractivity contribution >= 4 is 17.5 Å². The Balaban J connectivity index is 2.51. The van der Waals surface area contributed by atoms with Crippen molar-refractivity contribution in [1.29, 1.82) is 0 Å². The molecule has 1 aliphatic heterocycles. The normalized spacial score (nSPS) is 15.0. The first-order valence-corrected chi connectivity index (χ1v) is 5.79. The molecule has 0 aromatic carbocycles. The van der Waals surface area contributed by atoms with Crippen molar-refractivity contribution in [2.45, 2.75) is 26.0 Å². The van der Waals surface area contributed by atoms with Gasteiger partial charge in [0.1, 0.15) is 0 Å². The third-order valence-electron chi connectivity index (χ3n) is 2.35. The molecule has 2 rings (SSSR count). The van der Waals surface area contributed by atoms with Crippen LogP contribution in [0.25, 0.3) is 0 Å². The SMILES string of the molecule is CC(=O)c1nc(C)c2c(n1)CSCC2. The second-order valence-corrected chi connectivity index (χ2v) is 4.52. The van der Waals surface area contributed by atoms with Crippen LogP contribution in [0.2, 0.25) is 0 Å². The summed E-state index contributed by atoms with van der Waals surface area (Å²) in [6, 6.07) is 0. The van der Waals surface area contributed by atoms with Crippen LogP contribution in [-0.4, -0.2) is 21.5 Å². The zero-order chi connectivity index (χ0) is 10.1. The molecule has 74 valence electrons. The Bertz CT molecular complexity index is 390.